The molecule has 3 N–H and O–H groups in total. The number of aliphatic hydroxyl groups excluding tert-OH is 1. The molecule has 2 aromatic carbocycles. The molecule has 0 aromatic heterocycles. The second-order valence-corrected chi connectivity index (χ2v) is 6.57. The number of alkyl carbamates (subject to hydrolysis) is 1. The first kappa shape index (κ1) is 20.0. The maximum absolute atomic E-state index is 14.4. The Bertz CT molecular complexity index is 923. The van der Waals surface area contributed by atoms with Gasteiger partial charge in [-0.3, -0.25) is 4.79 Å². The minimum absolute atomic E-state index is 0.132. The zero-order chi connectivity index (χ0) is 20.3. The third-order valence-corrected chi connectivity index (χ3v) is 4.66. The molecule has 0 heterocycles. The molecule has 2 aromatic rings. The van der Waals surface area contributed by atoms with E-state index in [-0.39, 0.29) is 29.4 Å². The second kappa shape index (κ2) is 8.53. The number of aliphatic hydroxyl groups is 1. The van der Waals surface area contributed by atoms with Crippen molar-refractivity contribution < 1.29 is 28.2 Å². The molecule has 1 aliphatic rings. The van der Waals surface area contributed by atoms with Crippen LogP contribution in [0.3, 0.4) is 0 Å². The van der Waals surface area contributed by atoms with Crippen molar-refractivity contribution in [2.24, 2.45) is 0 Å². The molecule has 6 nitrogen and oxygen atoms in total. The van der Waals surface area contributed by atoms with E-state index in [2.05, 4.69) is 10.6 Å². The van der Waals surface area contributed by atoms with Crippen molar-refractivity contribution in [3.8, 4) is 0 Å². The van der Waals surface area contributed by atoms with Crippen LogP contribution in [0, 0.1) is 11.6 Å². The third-order valence-electron chi connectivity index (χ3n) is 4.37. The number of nitrogens with one attached hydrogen (secondary N) is 2. The second-order valence-electron chi connectivity index (χ2n) is 6.17. The van der Waals surface area contributed by atoms with Gasteiger partial charge in [-0.05, 0) is 48.7 Å². The van der Waals surface area contributed by atoms with Gasteiger partial charge in [0.25, 0.3) is 5.91 Å². The van der Waals surface area contributed by atoms with Gasteiger partial charge in [-0.25, -0.2) is 13.6 Å². The molecule has 0 fully saturated rings. The Balaban J connectivity index is 1.81. The first-order valence-corrected chi connectivity index (χ1v) is 8.90. The van der Waals surface area contributed by atoms with Crippen molar-refractivity contribution in [1.29, 1.82) is 0 Å². The van der Waals surface area contributed by atoms with Gasteiger partial charge in [0.15, 0.2) is 0 Å². The molecule has 1 atom stereocenters. The Hall–Kier alpha value is -2.71. The lowest BCUT2D eigenvalue weighted by atomic mass is 10.0. The summed E-state index contributed by atoms with van der Waals surface area (Å²) < 4.78 is 32.4. The summed E-state index contributed by atoms with van der Waals surface area (Å²) in [6.45, 7) is -0.489. The molecule has 28 heavy (non-hydrogen) atoms. The van der Waals surface area contributed by atoms with E-state index < -0.39 is 29.7 Å². The maximum Gasteiger partial charge on any atom is 0.407 e. The van der Waals surface area contributed by atoms with Crippen molar-refractivity contribution in [3.05, 3.63) is 63.7 Å². The van der Waals surface area contributed by atoms with Crippen LogP contribution in [0.15, 0.2) is 30.3 Å². The quantitative estimate of drug-likeness (QED) is 0.703. The Morgan fingerprint density at radius 2 is 1.96 bits per heavy atom. The summed E-state index contributed by atoms with van der Waals surface area (Å²) in [5.74, 6) is -1.65. The fourth-order valence-electron chi connectivity index (χ4n) is 3.17. The van der Waals surface area contributed by atoms with E-state index in [9.17, 15) is 18.4 Å². The molecule has 0 spiro atoms. The number of fused-ring (bicyclic) bond motifs is 1. The molecule has 0 radical (unpaired) electrons. The fraction of sp³-hybridized carbons (Fsp3) is 0.263. The van der Waals surface area contributed by atoms with Gasteiger partial charge in [0.05, 0.1) is 17.7 Å². The summed E-state index contributed by atoms with van der Waals surface area (Å²) >= 11 is 5.72. The smallest absolute Gasteiger partial charge is 0.407 e. The highest BCUT2D eigenvalue weighted by molar-refractivity contribution is 6.31. The predicted molar refractivity (Wildman–Crippen MR) is 98.4 cm³/mol. The Labute approximate surface area is 164 Å². The minimum Gasteiger partial charge on any atom is -0.447 e. The van der Waals surface area contributed by atoms with Crippen molar-refractivity contribution >= 4 is 29.3 Å². The molecule has 0 bridgehead atoms. The van der Waals surface area contributed by atoms with Crippen molar-refractivity contribution in [1.82, 2.24) is 5.32 Å². The zero-order valence-electron chi connectivity index (χ0n) is 14.6. The average molecular weight is 411 g/mol. The van der Waals surface area contributed by atoms with Gasteiger partial charge < -0.3 is 20.5 Å². The molecule has 148 valence electrons. The third kappa shape index (κ3) is 4.23. The lowest BCUT2D eigenvalue weighted by molar-refractivity contribution is 0.102. The molecule has 3 rings (SSSR count). The summed E-state index contributed by atoms with van der Waals surface area (Å²) in [5.41, 5.74) is 1.27. The summed E-state index contributed by atoms with van der Waals surface area (Å²) in [6.07, 6.45) is 0.0000828. The molecule has 0 saturated carbocycles. The van der Waals surface area contributed by atoms with Crippen molar-refractivity contribution in [2.45, 2.75) is 18.9 Å². The van der Waals surface area contributed by atoms with E-state index >= 15 is 0 Å². The number of carbonyl (C=O) groups is 2. The number of rotatable bonds is 5. The Kier molecular flexibility index (Phi) is 6.11. The Morgan fingerprint density at radius 3 is 2.68 bits per heavy atom. The van der Waals surface area contributed by atoms with Crippen LogP contribution in [-0.2, 0) is 11.2 Å². The van der Waals surface area contributed by atoms with Crippen molar-refractivity contribution in [3.63, 3.8) is 0 Å². The zero-order valence-corrected chi connectivity index (χ0v) is 15.4. The van der Waals surface area contributed by atoms with Gasteiger partial charge in [0, 0.05) is 16.8 Å². The van der Waals surface area contributed by atoms with E-state index in [1.54, 1.807) is 0 Å². The fourth-order valence-corrected chi connectivity index (χ4v) is 3.35. The monoisotopic (exact) mass is 410 g/mol. The SMILES string of the molecule is O=C(N[C@H]1CCc2c(C(=O)Nc3ccc(F)c(Cl)c3)ccc(F)c21)OCCO. The van der Waals surface area contributed by atoms with Crippen LogP contribution in [0.1, 0.15) is 33.9 Å². The van der Waals surface area contributed by atoms with Crippen LogP contribution >= 0.6 is 11.6 Å². The number of carbonyl (C=O) groups excluding carboxylic acids is 2. The molecular formula is C19H17ClF2N2O4. The average Bonchev–Trinajstić information content (AvgIpc) is 3.07. The van der Waals surface area contributed by atoms with Gasteiger partial charge in [-0.15, -0.1) is 0 Å². The number of amides is 2. The van der Waals surface area contributed by atoms with Crippen LogP contribution in [-0.4, -0.2) is 30.3 Å². The standard InChI is InChI=1S/C19H17ClF2N2O4/c20-13-9-10(1-4-14(13)21)23-18(26)12-2-5-15(22)17-11(12)3-6-16(17)24-19(27)28-8-7-25/h1-2,4-5,9,16,25H,3,6-8H2,(H,23,26)(H,24,27)/t16-/m0/s1. The van der Waals surface area contributed by atoms with Gasteiger partial charge in [0.2, 0.25) is 0 Å². The summed E-state index contributed by atoms with van der Waals surface area (Å²) in [7, 11) is 0. The largest absolute Gasteiger partial charge is 0.447 e. The normalized spacial score (nSPS) is 15.1. The van der Waals surface area contributed by atoms with Crippen LogP contribution in [0.25, 0.3) is 0 Å². The molecule has 1 aliphatic carbocycles. The number of benzene rings is 2. The summed E-state index contributed by atoms with van der Waals surface area (Å²) in [5, 5.41) is 13.7. The highest BCUT2D eigenvalue weighted by Crippen LogP contribution is 2.36. The molecular weight excluding hydrogens is 394 g/mol. The molecule has 9 heteroatoms. The minimum atomic E-state index is -0.776. The number of halogens is 3. The van der Waals surface area contributed by atoms with Crippen LogP contribution < -0.4 is 10.6 Å². The number of hydrogen-bond donors (Lipinski definition) is 3. The molecule has 2 amide bonds. The van der Waals surface area contributed by atoms with Crippen LogP contribution in [0.5, 0.6) is 0 Å². The molecule has 0 saturated heterocycles. The lowest BCUT2D eigenvalue weighted by Crippen LogP contribution is -2.29. The van der Waals surface area contributed by atoms with Crippen LogP contribution in [0.4, 0.5) is 19.3 Å². The summed E-state index contributed by atoms with van der Waals surface area (Å²) in [4.78, 5) is 24.4. The van der Waals surface area contributed by atoms with E-state index in [1.165, 1.54) is 18.2 Å². The summed E-state index contributed by atoms with van der Waals surface area (Å²) in [6, 6.07) is 5.65. The van der Waals surface area contributed by atoms with Crippen LogP contribution in [0.2, 0.25) is 5.02 Å². The molecule has 0 aliphatic heterocycles. The van der Waals surface area contributed by atoms with E-state index in [0.717, 1.165) is 12.1 Å². The number of hydrogen-bond acceptors (Lipinski definition) is 4. The van der Waals surface area contributed by atoms with Gasteiger partial charge in [-0.2, -0.15) is 0 Å². The van der Waals surface area contributed by atoms with Gasteiger partial charge in [-0.1, -0.05) is 11.6 Å². The van der Waals surface area contributed by atoms with E-state index in [1.807, 2.05) is 0 Å². The topological polar surface area (TPSA) is 87.7 Å². The van der Waals surface area contributed by atoms with Crippen molar-refractivity contribution in [2.75, 3.05) is 18.5 Å². The number of ether oxygens (including phenoxy) is 1. The van der Waals surface area contributed by atoms with Gasteiger partial charge >= 0.3 is 6.09 Å². The van der Waals surface area contributed by atoms with E-state index in [4.69, 9.17) is 21.4 Å². The first-order chi connectivity index (χ1) is 13.4. The highest BCUT2D eigenvalue weighted by atomic mass is 35.5. The number of anilines is 1. The van der Waals surface area contributed by atoms with Gasteiger partial charge in [0.1, 0.15) is 18.2 Å². The van der Waals surface area contributed by atoms with E-state index in [0.29, 0.717) is 24.1 Å². The lowest BCUT2D eigenvalue weighted by Gasteiger charge is -2.16. The first-order valence-electron chi connectivity index (χ1n) is 8.52. The molecule has 0 unspecified atom stereocenters. The Morgan fingerprint density at radius 1 is 1.21 bits per heavy atom. The predicted octanol–water partition coefficient (Wildman–Crippen LogP) is 3.58. The maximum atomic E-state index is 14.4. The highest BCUT2D eigenvalue weighted by Gasteiger charge is 2.31.